The molecule has 1 N–H and O–H groups in total. The van der Waals surface area contributed by atoms with Crippen LogP contribution in [0, 0.1) is 0 Å². The van der Waals surface area contributed by atoms with Gasteiger partial charge in [-0.3, -0.25) is 4.79 Å². The zero-order valence-electron chi connectivity index (χ0n) is 9.25. The molecule has 4 nitrogen and oxygen atoms in total. The minimum absolute atomic E-state index is 0.0352. The molecule has 1 saturated carbocycles. The van der Waals surface area contributed by atoms with Crippen LogP contribution in [0.5, 0.6) is 5.75 Å². The fraction of sp³-hybridized carbons (Fsp3) is 0.500. The Labute approximate surface area is 94.0 Å². The van der Waals surface area contributed by atoms with Crippen LogP contribution in [0.25, 0.3) is 0 Å². The Morgan fingerprint density at radius 2 is 2.31 bits per heavy atom. The molecular formula is C12H14N2O2. The third kappa shape index (κ3) is 1.22. The second kappa shape index (κ2) is 3.20. The first kappa shape index (κ1) is 9.63. The minimum Gasteiger partial charge on any atom is -0.474 e. The number of nitrogens with one attached hydrogen (secondary N) is 1. The summed E-state index contributed by atoms with van der Waals surface area (Å²) in [6.07, 6.45) is 3.54. The van der Waals surface area contributed by atoms with Crippen molar-refractivity contribution < 1.29 is 9.53 Å². The summed E-state index contributed by atoms with van der Waals surface area (Å²) >= 11 is 0. The van der Waals surface area contributed by atoms with Crippen LogP contribution in [-0.2, 0) is 11.2 Å². The highest BCUT2D eigenvalue weighted by Gasteiger charge is 2.49. The summed E-state index contributed by atoms with van der Waals surface area (Å²) in [5, 5.41) is 2.85. The summed E-state index contributed by atoms with van der Waals surface area (Å²) in [4.78, 5) is 16.2. The Hall–Kier alpha value is -1.58. The number of rotatable bonds is 1. The van der Waals surface area contributed by atoms with Crippen molar-refractivity contribution >= 4 is 11.7 Å². The molecule has 1 aromatic rings. The molecule has 0 aromatic carbocycles. The van der Waals surface area contributed by atoms with Gasteiger partial charge in [-0.2, -0.15) is 0 Å². The molecule has 0 bridgehead atoms. The van der Waals surface area contributed by atoms with Crippen LogP contribution in [0.1, 0.15) is 31.9 Å². The highest BCUT2D eigenvalue weighted by molar-refractivity contribution is 6.00. The Balaban J connectivity index is 1.98. The van der Waals surface area contributed by atoms with E-state index >= 15 is 0 Å². The highest BCUT2D eigenvalue weighted by atomic mass is 16.5. The lowest BCUT2D eigenvalue weighted by atomic mass is 9.78. The van der Waals surface area contributed by atoms with E-state index in [1.165, 1.54) is 0 Å². The van der Waals surface area contributed by atoms with Gasteiger partial charge < -0.3 is 10.1 Å². The molecule has 2 heterocycles. The number of carbonyl (C=O) groups is 1. The molecule has 1 aromatic heterocycles. The Morgan fingerprint density at radius 3 is 2.94 bits per heavy atom. The fourth-order valence-corrected chi connectivity index (χ4v) is 2.16. The summed E-state index contributed by atoms with van der Waals surface area (Å²) in [5.41, 5.74) is 0.370. The predicted octanol–water partition coefficient (Wildman–Crippen LogP) is 1.90. The number of aromatic nitrogens is 1. The summed E-state index contributed by atoms with van der Waals surface area (Å²) in [5.74, 6) is 1.24. The number of pyridine rings is 1. The number of carbonyl (C=O) groups excluding carboxylic acids is 1. The van der Waals surface area contributed by atoms with Gasteiger partial charge in [0.25, 0.3) is 5.91 Å². The van der Waals surface area contributed by atoms with E-state index in [9.17, 15) is 4.79 Å². The van der Waals surface area contributed by atoms with Crippen LogP contribution in [-0.4, -0.2) is 16.5 Å². The van der Waals surface area contributed by atoms with Gasteiger partial charge in [0.15, 0.2) is 17.2 Å². The average molecular weight is 218 g/mol. The van der Waals surface area contributed by atoms with Crippen molar-refractivity contribution in [3.8, 4) is 5.75 Å². The first-order chi connectivity index (χ1) is 7.73. The topological polar surface area (TPSA) is 51.2 Å². The van der Waals surface area contributed by atoms with Gasteiger partial charge in [-0.05, 0) is 37.8 Å². The van der Waals surface area contributed by atoms with E-state index in [1.54, 1.807) is 0 Å². The maximum atomic E-state index is 11.9. The largest absolute Gasteiger partial charge is 0.474 e. The number of ether oxygens (including phenoxy) is 1. The highest BCUT2D eigenvalue weighted by Crippen LogP contribution is 2.42. The number of nitrogens with zero attached hydrogens (tertiary/aromatic N) is 1. The van der Waals surface area contributed by atoms with Crippen LogP contribution in [0.3, 0.4) is 0 Å². The predicted molar refractivity (Wildman–Crippen MR) is 59.5 cm³/mol. The lowest BCUT2D eigenvalue weighted by molar-refractivity contribution is -0.140. The number of hydrogen-bond donors (Lipinski definition) is 1. The van der Waals surface area contributed by atoms with Gasteiger partial charge in [0.2, 0.25) is 0 Å². The number of fused-ring (bicyclic) bond motifs is 1. The van der Waals surface area contributed by atoms with E-state index in [2.05, 4.69) is 10.3 Å². The number of amides is 1. The van der Waals surface area contributed by atoms with Crippen LogP contribution in [0.4, 0.5) is 5.82 Å². The third-order valence-electron chi connectivity index (χ3n) is 3.39. The van der Waals surface area contributed by atoms with Crippen LogP contribution in [0.2, 0.25) is 0 Å². The Kier molecular flexibility index (Phi) is 1.93. The maximum Gasteiger partial charge on any atom is 0.269 e. The van der Waals surface area contributed by atoms with Crippen molar-refractivity contribution in [3.05, 3.63) is 17.8 Å². The molecule has 1 aliphatic heterocycles. The molecule has 84 valence electrons. The first-order valence-corrected chi connectivity index (χ1v) is 5.74. The van der Waals surface area contributed by atoms with Gasteiger partial charge in [-0.1, -0.05) is 6.92 Å². The lowest BCUT2D eigenvalue weighted by Crippen LogP contribution is -2.55. The molecule has 1 amide bonds. The zero-order valence-corrected chi connectivity index (χ0v) is 9.25. The zero-order chi connectivity index (χ0) is 11.2. The molecular weight excluding hydrogens is 204 g/mol. The quantitative estimate of drug-likeness (QED) is 0.783. The van der Waals surface area contributed by atoms with Crippen molar-refractivity contribution in [2.75, 3.05) is 5.32 Å². The van der Waals surface area contributed by atoms with Crippen molar-refractivity contribution in [2.45, 2.75) is 38.2 Å². The number of anilines is 1. The van der Waals surface area contributed by atoms with Crippen LogP contribution < -0.4 is 10.1 Å². The Bertz CT molecular complexity index is 452. The summed E-state index contributed by atoms with van der Waals surface area (Å²) < 4.78 is 5.79. The molecule has 1 fully saturated rings. The molecule has 0 unspecified atom stereocenters. The van der Waals surface area contributed by atoms with E-state index in [0.29, 0.717) is 11.6 Å². The SMILES string of the molecule is CCc1ccc2c(n1)NC(=O)C1(CCC1)O2. The van der Waals surface area contributed by atoms with E-state index in [1.807, 2.05) is 19.1 Å². The van der Waals surface area contributed by atoms with Gasteiger partial charge >= 0.3 is 0 Å². The molecule has 0 atom stereocenters. The molecule has 1 spiro atoms. The van der Waals surface area contributed by atoms with E-state index in [-0.39, 0.29) is 5.91 Å². The summed E-state index contributed by atoms with van der Waals surface area (Å²) in [7, 11) is 0. The van der Waals surface area contributed by atoms with Crippen molar-refractivity contribution in [1.82, 2.24) is 4.98 Å². The first-order valence-electron chi connectivity index (χ1n) is 5.74. The maximum absolute atomic E-state index is 11.9. The molecule has 2 aliphatic rings. The van der Waals surface area contributed by atoms with Gasteiger partial charge in [0, 0.05) is 5.69 Å². The second-order valence-electron chi connectivity index (χ2n) is 4.41. The van der Waals surface area contributed by atoms with Crippen molar-refractivity contribution in [3.63, 3.8) is 0 Å². The Morgan fingerprint density at radius 1 is 1.50 bits per heavy atom. The van der Waals surface area contributed by atoms with Crippen molar-refractivity contribution in [1.29, 1.82) is 0 Å². The lowest BCUT2D eigenvalue weighted by Gasteiger charge is -2.42. The van der Waals surface area contributed by atoms with E-state index in [0.717, 1.165) is 31.4 Å². The molecule has 3 rings (SSSR count). The number of aryl methyl sites for hydroxylation is 1. The van der Waals surface area contributed by atoms with Gasteiger partial charge in [0.1, 0.15) is 0 Å². The molecule has 4 heteroatoms. The molecule has 0 saturated heterocycles. The van der Waals surface area contributed by atoms with Gasteiger partial charge in [-0.25, -0.2) is 4.98 Å². The van der Waals surface area contributed by atoms with E-state index in [4.69, 9.17) is 4.74 Å². The van der Waals surface area contributed by atoms with Crippen LogP contribution >= 0.6 is 0 Å². The molecule has 1 aliphatic carbocycles. The van der Waals surface area contributed by atoms with E-state index < -0.39 is 5.60 Å². The fourth-order valence-electron chi connectivity index (χ4n) is 2.16. The van der Waals surface area contributed by atoms with Crippen molar-refractivity contribution in [2.24, 2.45) is 0 Å². The second-order valence-corrected chi connectivity index (χ2v) is 4.41. The normalized spacial score (nSPS) is 20.7. The minimum atomic E-state index is -0.595. The summed E-state index contributed by atoms with van der Waals surface area (Å²) in [6, 6.07) is 3.85. The molecule has 0 radical (unpaired) electrons. The van der Waals surface area contributed by atoms with Gasteiger partial charge in [0.05, 0.1) is 0 Å². The third-order valence-corrected chi connectivity index (χ3v) is 3.39. The summed E-state index contributed by atoms with van der Waals surface area (Å²) in [6.45, 7) is 2.04. The number of hydrogen-bond acceptors (Lipinski definition) is 3. The average Bonchev–Trinajstić information content (AvgIpc) is 2.25. The van der Waals surface area contributed by atoms with Crippen LogP contribution in [0.15, 0.2) is 12.1 Å². The smallest absolute Gasteiger partial charge is 0.269 e. The monoisotopic (exact) mass is 218 g/mol. The van der Waals surface area contributed by atoms with Gasteiger partial charge in [-0.15, -0.1) is 0 Å². The molecule has 16 heavy (non-hydrogen) atoms. The standard InChI is InChI=1S/C12H14N2O2/c1-2-8-4-5-9-10(13-8)14-11(15)12(16-9)6-3-7-12/h4-5H,2-3,6-7H2,1H3,(H,13,14,15).